The van der Waals surface area contributed by atoms with E-state index in [4.69, 9.17) is 4.74 Å². The fraction of sp³-hybridized carbons (Fsp3) is 0.455. The summed E-state index contributed by atoms with van der Waals surface area (Å²) in [6.07, 6.45) is 0. The molecule has 0 fully saturated rings. The number of nitrogens with one attached hydrogen (secondary N) is 2. The lowest BCUT2D eigenvalue weighted by Gasteiger charge is -2.21. The Morgan fingerprint density at radius 2 is 2.43 bits per heavy atom. The van der Waals surface area contributed by atoms with Crippen LogP contribution in [0.4, 0.5) is 5.69 Å². The highest BCUT2D eigenvalue weighted by molar-refractivity contribution is 5.61. The molecule has 3 heteroatoms. The van der Waals surface area contributed by atoms with Gasteiger partial charge in [0.25, 0.3) is 0 Å². The number of hydrogen-bond donors (Lipinski definition) is 2. The topological polar surface area (TPSA) is 33.3 Å². The summed E-state index contributed by atoms with van der Waals surface area (Å²) in [7, 11) is 0. The quantitative estimate of drug-likeness (QED) is 0.763. The van der Waals surface area contributed by atoms with Gasteiger partial charge in [0.15, 0.2) is 0 Å². The van der Waals surface area contributed by atoms with Crippen molar-refractivity contribution >= 4 is 5.69 Å². The minimum absolute atomic E-state index is 0.760. The van der Waals surface area contributed by atoms with Gasteiger partial charge in [-0.15, -0.1) is 0 Å². The van der Waals surface area contributed by atoms with Crippen molar-refractivity contribution in [3.05, 3.63) is 23.8 Å². The molecule has 2 N–H and O–H groups in total. The van der Waals surface area contributed by atoms with Crippen LogP contribution in [0.5, 0.6) is 5.75 Å². The Morgan fingerprint density at radius 3 is 3.29 bits per heavy atom. The smallest absolute Gasteiger partial charge is 0.146 e. The van der Waals surface area contributed by atoms with Crippen LogP contribution in [0.1, 0.15) is 12.5 Å². The molecule has 0 atom stereocenters. The van der Waals surface area contributed by atoms with E-state index in [-0.39, 0.29) is 0 Å². The zero-order valence-corrected chi connectivity index (χ0v) is 8.47. The third-order valence-corrected chi connectivity index (χ3v) is 2.33. The summed E-state index contributed by atoms with van der Waals surface area (Å²) in [5.41, 5.74) is 2.35. The molecule has 0 bridgehead atoms. The molecule has 0 radical (unpaired) electrons. The van der Waals surface area contributed by atoms with Crippen molar-refractivity contribution in [1.82, 2.24) is 5.32 Å². The fourth-order valence-corrected chi connectivity index (χ4v) is 1.63. The SMILES string of the molecule is CCNCc1cccc2c1OCCN2. The van der Waals surface area contributed by atoms with E-state index in [0.717, 1.165) is 37.7 Å². The highest BCUT2D eigenvalue weighted by atomic mass is 16.5. The Labute approximate surface area is 84.5 Å². The lowest BCUT2D eigenvalue weighted by Crippen LogP contribution is -2.20. The molecule has 0 spiro atoms. The van der Waals surface area contributed by atoms with Gasteiger partial charge in [-0.05, 0) is 12.6 Å². The van der Waals surface area contributed by atoms with Crippen LogP contribution >= 0.6 is 0 Å². The van der Waals surface area contributed by atoms with Gasteiger partial charge in [-0.1, -0.05) is 19.1 Å². The molecule has 0 aliphatic carbocycles. The van der Waals surface area contributed by atoms with E-state index in [9.17, 15) is 0 Å². The average Bonchev–Trinajstić information content (AvgIpc) is 2.26. The van der Waals surface area contributed by atoms with Crippen LogP contribution in [0.15, 0.2) is 18.2 Å². The number of ether oxygens (including phenoxy) is 1. The summed E-state index contributed by atoms with van der Waals surface area (Å²) in [5, 5.41) is 6.63. The van der Waals surface area contributed by atoms with E-state index in [0.29, 0.717) is 0 Å². The van der Waals surface area contributed by atoms with Crippen LogP contribution in [0.2, 0.25) is 0 Å². The van der Waals surface area contributed by atoms with Gasteiger partial charge in [0.05, 0.1) is 5.69 Å². The number of hydrogen-bond acceptors (Lipinski definition) is 3. The minimum atomic E-state index is 0.760. The van der Waals surface area contributed by atoms with Gasteiger partial charge in [0.1, 0.15) is 12.4 Å². The van der Waals surface area contributed by atoms with Crippen molar-refractivity contribution in [3.63, 3.8) is 0 Å². The average molecular weight is 192 g/mol. The minimum Gasteiger partial charge on any atom is -0.489 e. The molecule has 1 aromatic carbocycles. The number of rotatable bonds is 3. The second-order valence-electron chi connectivity index (χ2n) is 3.35. The molecule has 76 valence electrons. The van der Waals surface area contributed by atoms with Crippen molar-refractivity contribution in [2.45, 2.75) is 13.5 Å². The standard InChI is InChI=1S/C11H16N2O/c1-2-12-8-9-4-3-5-10-11(9)14-7-6-13-10/h3-5,12-13H,2,6-8H2,1H3. The second kappa shape index (κ2) is 4.33. The Bertz CT molecular complexity index is 312. The van der Waals surface area contributed by atoms with Crippen LogP contribution in [-0.2, 0) is 6.54 Å². The molecule has 1 aromatic rings. The van der Waals surface area contributed by atoms with Crippen LogP contribution in [0.25, 0.3) is 0 Å². The zero-order valence-electron chi connectivity index (χ0n) is 8.47. The third kappa shape index (κ3) is 1.82. The van der Waals surface area contributed by atoms with Gasteiger partial charge in [-0.2, -0.15) is 0 Å². The molecule has 3 nitrogen and oxygen atoms in total. The van der Waals surface area contributed by atoms with Crippen molar-refractivity contribution < 1.29 is 4.74 Å². The van der Waals surface area contributed by atoms with Gasteiger partial charge in [0, 0.05) is 18.7 Å². The highest BCUT2D eigenvalue weighted by Crippen LogP contribution is 2.30. The van der Waals surface area contributed by atoms with Crippen molar-refractivity contribution in [1.29, 1.82) is 0 Å². The first-order valence-corrected chi connectivity index (χ1v) is 5.11. The van der Waals surface area contributed by atoms with Crippen molar-refractivity contribution in [3.8, 4) is 5.75 Å². The summed E-state index contributed by atoms with van der Waals surface area (Å²) in [4.78, 5) is 0. The Balaban J connectivity index is 2.21. The molecule has 0 saturated carbocycles. The maximum Gasteiger partial charge on any atom is 0.146 e. The lowest BCUT2D eigenvalue weighted by molar-refractivity contribution is 0.319. The maximum absolute atomic E-state index is 5.65. The van der Waals surface area contributed by atoms with Crippen LogP contribution < -0.4 is 15.4 Å². The summed E-state index contributed by atoms with van der Waals surface area (Å²) >= 11 is 0. The largest absolute Gasteiger partial charge is 0.489 e. The highest BCUT2D eigenvalue weighted by Gasteiger charge is 2.12. The Kier molecular flexibility index (Phi) is 2.89. The van der Waals surface area contributed by atoms with Gasteiger partial charge in [0.2, 0.25) is 0 Å². The second-order valence-corrected chi connectivity index (χ2v) is 3.35. The molecule has 1 aliphatic heterocycles. The van der Waals surface area contributed by atoms with Crippen LogP contribution in [0, 0.1) is 0 Å². The molecular weight excluding hydrogens is 176 g/mol. The number of benzene rings is 1. The van der Waals surface area contributed by atoms with Gasteiger partial charge in [-0.3, -0.25) is 0 Å². The molecule has 0 saturated heterocycles. The summed E-state index contributed by atoms with van der Waals surface area (Å²) in [6.45, 7) is 5.63. The zero-order chi connectivity index (χ0) is 9.80. The van der Waals surface area contributed by atoms with Crippen molar-refractivity contribution in [2.24, 2.45) is 0 Å². The first-order chi connectivity index (χ1) is 6.92. The van der Waals surface area contributed by atoms with Crippen LogP contribution in [0.3, 0.4) is 0 Å². The number of anilines is 1. The molecule has 0 aromatic heterocycles. The fourth-order valence-electron chi connectivity index (χ4n) is 1.63. The van der Waals surface area contributed by atoms with Crippen molar-refractivity contribution in [2.75, 3.05) is 25.0 Å². The van der Waals surface area contributed by atoms with Crippen LogP contribution in [-0.4, -0.2) is 19.7 Å². The van der Waals surface area contributed by atoms with Gasteiger partial charge in [-0.25, -0.2) is 0 Å². The molecule has 1 aliphatic rings. The van der Waals surface area contributed by atoms with E-state index in [1.54, 1.807) is 0 Å². The van der Waals surface area contributed by atoms with Gasteiger partial charge < -0.3 is 15.4 Å². The Hall–Kier alpha value is -1.22. The van der Waals surface area contributed by atoms with E-state index in [1.165, 1.54) is 5.56 Å². The van der Waals surface area contributed by atoms with E-state index in [2.05, 4.69) is 35.8 Å². The molecule has 0 amide bonds. The van der Waals surface area contributed by atoms with Gasteiger partial charge >= 0.3 is 0 Å². The maximum atomic E-state index is 5.65. The first kappa shape index (κ1) is 9.34. The monoisotopic (exact) mass is 192 g/mol. The van der Waals surface area contributed by atoms with E-state index >= 15 is 0 Å². The molecule has 1 heterocycles. The molecule has 14 heavy (non-hydrogen) atoms. The predicted molar refractivity (Wildman–Crippen MR) is 57.8 cm³/mol. The van der Waals surface area contributed by atoms with E-state index < -0.39 is 0 Å². The first-order valence-electron chi connectivity index (χ1n) is 5.11. The number of fused-ring (bicyclic) bond motifs is 1. The van der Waals surface area contributed by atoms with E-state index in [1.807, 2.05) is 0 Å². The third-order valence-electron chi connectivity index (χ3n) is 2.33. The Morgan fingerprint density at radius 1 is 1.50 bits per heavy atom. The summed E-state index contributed by atoms with van der Waals surface area (Å²) in [5.74, 6) is 1.01. The summed E-state index contributed by atoms with van der Waals surface area (Å²) < 4.78 is 5.65. The lowest BCUT2D eigenvalue weighted by atomic mass is 10.1. The molecule has 0 unspecified atom stereocenters. The molecule has 2 rings (SSSR count). The normalized spacial score (nSPS) is 14.1. The summed E-state index contributed by atoms with van der Waals surface area (Å²) in [6, 6.07) is 6.23. The molecular formula is C11H16N2O. The number of para-hydroxylation sites is 1. The predicted octanol–water partition coefficient (Wildman–Crippen LogP) is 1.60.